The molecule has 2 aromatic rings. The standard InChI is InChI=1S/C27H34N4O3/c1-4-34-26(32)24-23(29(3)27(33)28-25(24)22-12-10-20(2)11-13-22)19-31-16-14-30(15-17-31)18-21-8-6-5-7-9-21/h5-13,25H,4,14-19H2,1-3H3,(H,28,33)/t25-/m1/s1. The molecule has 0 radical (unpaired) electrons. The van der Waals surface area contributed by atoms with Crippen molar-refractivity contribution in [3.63, 3.8) is 0 Å². The van der Waals surface area contributed by atoms with Gasteiger partial charge in [-0.1, -0.05) is 60.2 Å². The number of esters is 1. The van der Waals surface area contributed by atoms with E-state index >= 15 is 0 Å². The molecule has 7 nitrogen and oxygen atoms in total. The largest absolute Gasteiger partial charge is 0.463 e. The van der Waals surface area contributed by atoms with Crippen LogP contribution in [0.3, 0.4) is 0 Å². The molecule has 0 aromatic heterocycles. The van der Waals surface area contributed by atoms with Crippen molar-refractivity contribution in [2.24, 2.45) is 0 Å². The zero-order valence-corrected chi connectivity index (χ0v) is 20.3. The van der Waals surface area contributed by atoms with Crippen LogP contribution in [-0.4, -0.2) is 73.1 Å². The molecule has 0 unspecified atom stereocenters. The van der Waals surface area contributed by atoms with E-state index in [0.29, 0.717) is 17.8 Å². The quantitative estimate of drug-likeness (QED) is 0.640. The molecule has 2 heterocycles. The van der Waals surface area contributed by atoms with E-state index in [1.54, 1.807) is 18.9 Å². The Bertz CT molecular complexity index is 1030. The lowest BCUT2D eigenvalue weighted by Crippen LogP contribution is -2.52. The molecular weight excluding hydrogens is 428 g/mol. The van der Waals surface area contributed by atoms with Crippen molar-refractivity contribution in [1.82, 2.24) is 20.0 Å². The first kappa shape index (κ1) is 24.0. The molecule has 0 bridgehead atoms. The number of aryl methyl sites for hydroxylation is 1. The summed E-state index contributed by atoms with van der Waals surface area (Å²) < 4.78 is 5.44. The Morgan fingerprint density at radius 2 is 1.59 bits per heavy atom. The van der Waals surface area contributed by atoms with Gasteiger partial charge in [-0.25, -0.2) is 9.59 Å². The molecular formula is C27H34N4O3. The molecule has 2 aliphatic rings. The zero-order chi connectivity index (χ0) is 24.1. The van der Waals surface area contributed by atoms with E-state index in [0.717, 1.165) is 43.9 Å². The summed E-state index contributed by atoms with van der Waals surface area (Å²) in [6.45, 7) is 9.18. The monoisotopic (exact) mass is 462 g/mol. The Balaban J connectivity index is 1.55. The van der Waals surface area contributed by atoms with Gasteiger partial charge < -0.3 is 10.1 Å². The molecule has 34 heavy (non-hydrogen) atoms. The first-order chi connectivity index (χ1) is 16.5. The summed E-state index contributed by atoms with van der Waals surface area (Å²) in [6, 6.07) is 17.7. The van der Waals surface area contributed by atoms with Crippen LogP contribution in [0.1, 0.15) is 29.7 Å². The van der Waals surface area contributed by atoms with Crippen molar-refractivity contribution in [3.05, 3.63) is 82.6 Å². The first-order valence-corrected chi connectivity index (χ1v) is 12.0. The van der Waals surface area contributed by atoms with Gasteiger partial charge in [0.2, 0.25) is 0 Å². The van der Waals surface area contributed by atoms with E-state index in [-0.39, 0.29) is 18.6 Å². The number of benzene rings is 2. The minimum atomic E-state index is -0.530. The molecule has 0 saturated carbocycles. The van der Waals surface area contributed by atoms with Crippen LogP contribution >= 0.6 is 0 Å². The maximum atomic E-state index is 13.1. The van der Waals surface area contributed by atoms with Crippen molar-refractivity contribution in [3.8, 4) is 0 Å². The van der Waals surface area contributed by atoms with Gasteiger partial charge in [-0.2, -0.15) is 0 Å². The van der Waals surface area contributed by atoms with Crippen molar-refractivity contribution in [2.45, 2.75) is 26.4 Å². The number of ether oxygens (including phenoxy) is 1. The molecule has 1 fully saturated rings. The highest BCUT2D eigenvalue weighted by atomic mass is 16.5. The lowest BCUT2D eigenvalue weighted by Gasteiger charge is -2.39. The summed E-state index contributed by atoms with van der Waals surface area (Å²) in [5.41, 5.74) is 4.54. The predicted molar refractivity (Wildman–Crippen MR) is 132 cm³/mol. The van der Waals surface area contributed by atoms with Crippen molar-refractivity contribution in [1.29, 1.82) is 0 Å². The predicted octanol–water partition coefficient (Wildman–Crippen LogP) is 3.33. The highest BCUT2D eigenvalue weighted by molar-refractivity contribution is 5.95. The molecule has 2 aliphatic heterocycles. The SMILES string of the molecule is CCOC(=O)C1=C(CN2CCN(Cc3ccccc3)CC2)N(C)C(=O)N[C@@H]1c1ccc(C)cc1. The smallest absolute Gasteiger partial charge is 0.338 e. The Morgan fingerprint density at radius 3 is 2.21 bits per heavy atom. The van der Waals surface area contributed by atoms with Gasteiger partial charge in [-0.05, 0) is 25.0 Å². The van der Waals surface area contributed by atoms with Crippen molar-refractivity contribution in [2.75, 3.05) is 46.4 Å². The molecule has 0 aliphatic carbocycles. The van der Waals surface area contributed by atoms with E-state index in [1.165, 1.54) is 5.56 Å². The van der Waals surface area contributed by atoms with Gasteiger partial charge in [0.25, 0.3) is 0 Å². The molecule has 1 N–H and O–H groups in total. The van der Waals surface area contributed by atoms with Gasteiger partial charge in [0.05, 0.1) is 18.2 Å². The summed E-state index contributed by atoms with van der Waals surface area (Å²) >= 11 is 0. The Labute approximate surface area is 202 Å². The summed E-state index contributed by atoms with van der Waals surface area (Å²) in [4.78, 5) is 32.3. The third-order valence-corrected chi connectivity index (χ3v) is 6.57. The molecule has 2 aromatic carbocycles. The number of piperazine rings is 1. The van der Waals surface area contributed by atoms with Crippen LogP contribution in [0.5, 0.6) is 0 Å². The van der Waals surface area contributed by atoms with E-state index in [4.69, 9.17) is 4.74 Å². The number of hydrogen-bond acceptors (Lipinski definition) is 5. The van der Waals surface area contributed by atoms with Gasteiger partial charge >= 0.3 is 12.0 Å². The zero-order valence-electron chi connectivity index (χ0n) is 20.3. The van der Waals surface area contributed by atoms with Crippen molar-refractivity contribution < 1.29 is 14.3 Å². The van der Waals surface area contributed by atoms with Crippen LogP contribution < -0.4 is 5.32 Å². The number of urea groups is 1. The van der Waals surface area contributed by atoms with Gasteiger partial charge in [0.1, 0.15) is 0 Å². The van der Waals surface area contributed by atoms with Crippen LogP contribution in [0, 0.1) is 6.92 Å². The average molecular weight is 463 g/mol. The number of nitrogens with one attached hydrogen (secondary N) is 1. The number of carbonyl (C=O) groups is 2. The van der Waals surface area contributed by atoms with Gasteiger partial charge in [-0.15, -0.1) is 0 Å². The fourth-order valence-electron chi connectivity index (χ4n) is 4.57. The molecule has 4 rings (SSSR count). The second-order valence-electron chi connectivity index (χ2n) is 8.97. The summed E-state index contributed by atoms with van der Waals surface area (Å²) in [7, 11) is 1.72. The summed E-state index contributed by atoms with van der Waals surface area (Å²) in [5, 5.41) is 2.99. The maximum Gasteiger partial charge on any atom is 0.338 e. The van der Waals surface area contributed by atoms with E-state index < -0.39 is 6.04 Å². The lowest BCUT2D eigenvalue weighted by atomic mass is 9.93. The van der Waals surface area contributed by atoms with Crippen LogP contribution in [0.15, 0.2) is 65.9 Å². The average Bonchev–Trinajstić information content (AvgIpc) is 2.84. The van der Waals surface area contributed by atoms with E-state index in [2.05, 4.69) is 39.4 Å². The van der Waals surface area contributed by atoms with Gasteiger partial charge in [0.15, 0.2) is 0 Å². The minimum Gasteiger partial charge on any atom is -0.463 e. The van der Waals surface area contributed by atoms with Crippen LogP contribution in [0.25, 0.3) is 0 Å². The molecule has 1 atom stereocenters. The fourth-order valence-corrected chi connectivity index (χ4v) is 4.57. The number of rotatable bonds is 7. The second kappa shape index (κ2) is 10.8. The number of nitrogens with zero attached hydrogens (tertiary/aromatic N) is 3. The Morgan fingerprint density at radius 1 is 0.971 bits per heavy atom. The highest BCUT2D eigenvalue weighted by Gasteiger charge is 2.37. The third-order valence-electron chi connectivity index (χ3n) is 6.57. The maximum absolute atomic E-state index is 13.1. The van der Waals surface area contributed by atoms with Crippen molar-refractivity contribution >= 4 is 12.0 Å². The van der Waals surface area contributed by atoms with E-state index in [1.807, 2.05) is 37.3 Å². The first-order valence-electron chi connectivity index (χ1n) is 12.0. The Hall–Kier alpha value is -3.16. The second-order valence-corrected chi connectivity index (χ2v) is 8.97. The molecule has 2 amide bonds. The molecule has 7 heteroatoms. The third kappa shape index (κ3) is 5.48. The topological polar surface area (TPSA) is 65.1 Å². The number of likely N-dealkylation sites (N-methyl/N-ethyl adjacent to an activating group) is 1. The molecule has 180 valence electrons. The van der Waals surface area contributed by atoms with Crippen LogP contribution in [0.4, 0.5) is 4.79 Å². The van der Waals surface area contributed by atoms with E-state index in [9.17, 15) is 9.59 Å². The van der Waals surface area contributed by atoms with Crippen LogP contribution in [-0.2, 0) is 16.1 Å². The Kier molecular flexibility index (Phi) is 7.65. The lowest BCUT2D eigenvalue weighted by molar-refractivity contribution is -0.139. The number of amides is 2. The fraction of sp³-hybridized carbons (Fsp3) is 0.407. The summed E-state index contributed by atoms with van der Waals surface area (Å²) in [5.74, 6) is -0.377. The highest BCUT2D eigenvalue weighted by Crippen LogP contribution is 2.31. The molecule has 1 saturated heterocycles. The van der Waals surface area contributed by atoms with Crippen LogP contribution in [0.2, 0.25) is 0 Å². The number of hydrogen-bond donors (Lipinski definition) is 1. The summed E-state index contributed by atoms with van der Waals surface area (Å²) in [6.07, 6.45) is 0. The normalized spacial score (nSPS) is 19.8. The van der Waals surface area contributed by atoms with Gasteiger partial charge in [-0.3, -0.25) is 14.7 Å². The minimum absolute atomic E-state index is 0.212. The number of carbonyl (C=O) groups excluding carboxylic acids is 2. The molecule has 0 spiro atoms. The van der Waals surface area contributed by atoms with Gasteiger partial charge in [0, 0.05) is 52.0 Å².